The van der Waals surface area contributed by atoms with Gasteiger partial charge in [0.05, 0.1) is 12.2 Å². The summed E-state index contributed by atoms with van der Waals surface area (Å²) in [6.45, 7) is 0.0436. The lowest BCUT2D eigenvalue weighted by Gasteiger charge is -2.13. The van der Waals surface area contributed by atoms with Crippen LogP contribution in [0.4, 0.5) is 14.5 Å². The molecule has 0 spiro atoms. The van der Waals surface area contributed by atoms with Crippen LogP contribution in [0.2, 0.25) is 0 Å². The maximum absolute atomic E-state index is 13.5. The van der Waals surface area contributed by atoms with E-state index in [2.05, 4.69) is 10.4 Å². The normalized spacial score (nSPS) is 11.3. The van der Waals surface area contributed by atoms with Gasteiger partial charge in [0, 0.05) is 23.4 Å². The monoisotopic (exact) mass is 457 g/mol. The smallest absolute Gasteiger partial charge is 0.276 e. The zero-order chi connectivity index (χ0) is 21.2. The number of halogens is 5. The van der Waals surface area contributed by atoms with E-state index < -0.39 is 26.9 Å². The van der Waals surface area contributed by atoms with Crippen LogP contribution in [0.5, 0.6) is 0 Å². The van der Waals surface area contributed by atoms with Gasteiger partial charge in [-0.1, -0.05) is 46.9 Å². The van der Waals surface area contributed by atoms with Gasteiger partial charge in [-0.3, -0.25) is 9.59 Å². The third kappa shape index (κ3) is 5.53. The molecule has 1 heterocycles. The highest BCUT2D eigenvalue weighted by Gasteiger charge is 2.30. The molecule has 0 unspecified atom stereocenters. The minimum Gasteiger partial charge on any atom is -0.322 e. The fourth-order valence-corrected chi connectivity index (χ4v) is 2.68. The molecule has 29 heavy (non-hydrogen) atoms. The van der Waals surface area contributed by atoms with Crippen molar-refractivity contribution in [3.63, 3.8) is 0 Å². The Morgan fingerprint density at radius 3 is 2.38 bits per heavy atom. The zero-order valence-electron chi connectivity index (χ0n) is 14.5. The number of nitrogens with zero attached hydrogens (tertiary/aromatic N) is 2. The Labute approximate surface area is 178 Å². The summed E-state index contributed by atoms with van der Waals surface area (Å²) in [5.74, 6) is -2.33. The van der Waals surface area contributed by atoms with Gasteiger partial charge in [-0.2, -0.15) is 5.10 Å². The molecule has 0 saturated heterocycles. The summed E-state index contributed by atoms with van der Waals surface area (Å²) in [5, 5.41) is 6.62. The molecule has 3 rings (SSSR count). The molecule has 150 valence electrons. The van der Waals surface area contributed by atoms with E-state index in [9.17, 15) is 18.4 Å². The first-order chi connectivity index (χ1) is 13.6. The second kappa shape index (κ2) is 8.49. The van der Waals surface area contributed by atoms with Crippen molar-refractivity contribution < 1.29 is 13.6 Å². The van der Waals surface area contributed by atoms with Crippen LogP contribution in [0.1, 0.15) is 5.56 Å². The lowest BCUT2D eigenvalue weighted by Crippen LogP contribution is -2.27. The van der Waals surface area contributed by atoms with Gasteiger partial charge in [-0.05, 0) is 35.9 Å². The van der Waals surface area contributed by atoms with Crippen LogP contribution in [0.15, 0.2) is 59.4 Å². The van der Waals surface area contributed by atoms with E-state index in [1.165, 1.54) is 12.1 Å². The van der Waals surface area contributed by atoms with Gasteiger partial charge < -0.3 is 5.32 Å². The van der Waals surface area contributed by atoms with Crippen LogP contribution >= 0.6 is 34.8 Å². The fraction of sp³-hybridized carbons (Fsp3) is 0.105. The predicted octanol–water partition coefficient (Wildman–Crippen LogP) is 4.55. The number of alkyl halides is 3. The summed E-state index contributed by atoms with van der Waals surface area (Å²) in [6, 6.07) is 12.1. The van der Waals surface area contributed by atoms with Crippen LogP contribution in [0.3, 0.4) is 0 Å². The molecule has 1 N–H and O–H groups in total. The Morgan fingerprint density at radius 2 is 1.72 bits per heavy atom. The van der Waals surface area contributed by atoms with Gasteiger partial charge in [0.15, 0.2) is 0 Å². The third-order valence-corrected chi connectivity index (χ3v) is 4.31. The van der Waals surface area contributed by atoms with Gasteiger partial charge in [0.2, 0.25) is 0 Å². The van der Waals surface area contributed by atoms with Gasteiger partial charge in [0.1, 0.15) is 11.6 Å². The van der Waals surface area contributed by atoms with Crippen LogP contribution < -0.4 is 10.9 Å². The van der Waals surface area contributed by atoms with Crippen molar-refractivity contribution in [2.24, 2.45) is 0 Å². The average molecular weight is 459 g/mol. The van der Waals surface area contributed by atoms with E-state index >= 15 is 0 Å². The molecule has 10 heteroatoms. The molecule has 5 nitrogen and oxygen atoms in total. The van der Waals surface area contributed by atoms with Gasteiger partial charge >= 0.3 is 0 Å². The van der Waals surface area contributed by atoms with Gasteiger partial charge in [0.25, 0.3) is 15.3 Å². The summed E-state index contributed by atoms with van der Waals surface area (Å²) < 4.78 is 26.0. The van der Waals surface area contributed by atoms with Crippen LogP contribution in [-0.4, -0.2) is 19.5 Å². The number of hydrogen-bond donors (Lipinski definition) is 1. The molecule has 3 aromatic rings. The second-order valence-corrected chi connectivity index (χ2v) is 8.31. The topological polar surface area (TPSA) is 64.0 Å². The van der Waals surface area contributed by atoms with Crippen LogP contribution in [0, 0.1) is 11.6 Å². The van der Waals surface area contributed by atoms with Crippen molar-refractivity contribution in [2.75, 3.05) is 5.32 Å². The number of carbonyl (C=O) groups excluding carboxylic acids is 1. The number of anilines is 1. The Morgan fingerprint density at radius 1 is 1.03 bits per heavy atom. The Hall–Kier alpha value is -2.48. The summed E-state index contributed by atoms with van der Waals surface area (Å²) in [4.78, 5) is 23.9. The summed E-state index contributed by atoms with van der Waals surface area (Å²) in [6.07, 6.45) is 0. The van der Waals surface area contributed by atoms with E-state index in [0.717, 1.165) is 22.9 Å². The highest BCUT2D eigenvalue weighted by Crippen LogP contribution is 2.28. The number of nitrogens with one attached hydrogen (secondary N) is 1. The minimum absolute atomic E-state index is 0.0436. The molecule has 0 bridgehead atoms. The molecule has 0 fully saturated rings. The van der Waals surface area contributed by atoms with Crippen molar-refractivity contribution in [1.29, 1.82) is 0 Å². The Bertz CT molecular complexity index is 1110. The first-order valence-corrected chi connectivity index (χ1v) is 9.27. The Balaban J connectivity index is 1.88. The fourth-order valence-electron chi connectivity index (χ4n) is 2.54. The molecular formula is C19H12Cl3F2N3O2. The van der Waals surface area contributed by atoms with Crippen LogP contribution in [-0.2, 0) is 11.3 Å². The Kier molecular flexibility index (Phi) is 6.21. The molecular weight excluding hydrogens is 447 g/mol. The largest absolute Gasteiger partial charge is 0.322 e. The summed E-state index contributed by atoms with van der Waals surface area (Å²) in [7, 11) is 0. The average Bonchev–Trinajstić information content (AvgIpc) is 2.62. The molecule has 0 aliphatic heterocycles. The standard InChI is InChI=1S/C19H12Cl3F2N3O2/c20-19(21,22)18(29)25-15-3-1-2-11(6-15)10-27-17(28)5-4-16(26-27)12-7-13(23)9-14(24)8-12/h1-9H,10H2,(H,25,29). The van der Waals surface area contributed by atoms with E-state index in [-0.39, 0.29) is 17.8 Å². The minimum atomic E-state index is -2.12. The molecule has 1 aromatic heterocycles. The van der Waals surface area contributed by atoms with Crippen LogP contribution in [0.25, 0.3) is 11.3 Å². The zero-order valence-corrected chi connectivity index (χ0v) is 16.8. The first kappa shape index (κ1) is 21.2. The molecule has 0 aliphatic carbocycles. The SMILES string of the molecule is O=C(Nc1cccc(Cn2nc(-c3cc(F)cc(F)c3)ccc2=O)c1)C(Cl)(Cl)Cl. The van der Waals surface area contributed by atoms with E-state index in [4.69, 9.17) is 34.8 Å². The second-order valence-electron chi connectivity index (χ2n) is 6.02. The molecule has 1 amide bonds. The lowest BCUT2D eigenvalue weighted by atomic mass is 10.1. The highest BCUT2D eigenvalue weighted by atomic mass is 35.6. The molecule has 0 atom stereocenters. The van der Waals surface area contributed by atoms with E-state index in [0.29, 0.717) is 11.3 Å². The number of carbonyl (C=O) groups is 1. The first-order valence-electron chi connectivity index (χ1n) is 8.13. The number of benzene rings is 2. The summed E-state index contributed by atoms with van der Waals surface area (Å²) >= 11 is 16.6. The van der Waals surface area contributed by atoms with Crippen molar-refractivity contribution in [3.8, 4) is 11.3 Å². The number of rotatable bonds is 4. The van der Waals surface area contributed by atoms with Gasteiger partial charge in [-0.25, -0.2) is 13.5 Å². The van der Waals surface area contributed by atoms with E-state index in [1.807, 2.05) is 0 Å². The number of aromatic nitrogens is 2. The predicted molar refractivity (Wildman–Crippen MR) is 108 cm³/mol. The van der Waals surface area contributed by atoms with Crippen molar-refractivity contribution in [1.82, 2.24) is 9.78 Å². The van der Waals surface area contributed by atoms with Crippen molar-refractivity contribution in [2.45, 2.75) is 10.3 Å². The molecule has 0 aliphatic rings. The highest BCUT2D eigenvalue weighted by molar-refractivity contribution is 6.76. The molecule has 0 radical (unpaired) electrons. The quantitative estimate of drug-likeness (QED) is 0.584. The van der Waals surface area contributed by atoms with Crippen molar-refractivity contribution in [3.05, 3.63) is 82.1 Å². The van der Waals surface area contributed by atoms with Crippen molar-refractivity contribution >= 4 is 46.4 Å². The van der Waals surface area contributed by atoms with E-state index in [1.54, 1.807) is 24.3 Å². The summed E-state index contributed by atoms with van der Waals surface area (Å²) in [5.41, 5.74) is 0.976. The molecule has 2 aromatic carbocycles. The maximum Gasteiger partial charge on any atom is 0.276 e. The number of hydrogen-bond acceptors (Lipinski definition) is 3. The maximum atomic E-state index is 13.5. The third-order valence-electron chi connectivity index (χ3n) is 3.80. The number of amides is 1. The van der Waals surface area contributed by atoms with Gasteiger partial charge in [-0.15, -0.1) is 0 Å². The lowest BCUT2D eigenvalue weighted by molar-refractivity contribution is -0.115. The molecule has 0 saturated carbocycles.